The lowest BCUT2D eigenvalue weighted by Gasteiger charge is -2.36. The molecule has 2 heterocycles. The number of hydrogen-bond donors (Lipinski definition) is 0. The van der Waals surface area contributed by atoms with E-state index in [1.807, 2.05) is 18.2 Å². The molecule has 188 valence electrons. The molecular formula is C26H30ClF3N4O. The Morgan fingerprint density at radius 2 is 1.80 bits per heavy atom. The summed E-state index contributed by atoms with van der Waals surface area (Å²) in [5.74, 6) is 0.564. The van der Waals surface area contributed by atoms with Gasteiger partial charge in [0.15, 0.2) is 5.76 Å². The minimum atomic E-state index is -4.44. The number of aromatic nitrogens is 1. The Morgan fingerprint density at radius 3 is 2.51 bits per heavy atom. The summed E-state index contributed by atoms with van der Waals surface area (Å²) in [6, 6.07) is 15.0. The lowest BCUT2D eigenvalue weighted by atomic mass is 10.0. The molecule has 0 aliphatic carbocycles. The summed E-state index contributed by atoms with van der Waals surface area (Å²) in [5.41, 5.74) is 0.706. The zero-order valence-corrected chi connectivity index (χ0v) is 20.5. The summed E-state index contributed by atoms with van der Waals surface area (Å²) in [6.45, 7) is 9.22. The number of rotatable bonds is 9. The normalized spacial score (nSPS) is 15.2. The van der Waals surface area contributed by atoms with E-state index < -0.39 is 11.7 Å². The molecule has 1 saturated heterocycles. The van der Waals surface area contributed by atoms with E-state index in [9.17, 15) is 13.2 Å². The Kier molecular flexibility index (Phi) is 8.36. The summed E-state index contributed by atoms with van der Waals surface area (Å²) in [5, 5.41) is 4.67. The summed E-state index contributed by atoms with van der Waals surface area (Å²) < 4.78 is 45.4. The van der Waals surface area contributed by atoms with Gasteiger partial charge >= 0.3 is 6.18 Å². The predicted octanol–water partition coefficient (Wildman–Crippen LogP) is 6.05. The van der Waals surface area contributed by atoms with Crippen LogP contribution < -0.4 is 4.90 Å². The third kappa shape index (κ3) is 6.78. The van der Waals surface area contributed by atoms with Gasteiger partial charge in [-0.25, -0.2) is 0 Å². The first-order valence-electron chi connectivity index (χ1n) is 11.9. The fourth-order valence-corrected chi connectivity index (χ4v) is 4.64. The summed E-state index contributed by atoms with van der Waals surface area (Å²) in [6.07, 6.45) is -3.44. The quantitative estimate of drug-likeness (QED) is 0.353. The van der Waals surface area contributed by atoms with E-state index in [0.29, 0.717) is 12.3 Å². The molecule has 3 aromatic rings. The van der Waals surface area contributed by atoms with Crippen molar-refractivity contribution in [3.05, 3.63) is 70.9 Å². The van der Waals surface area contributed by atoms with Crippen molar-refractivity contribution in [1.29, 1.82) is 0 Å². The minimum absolute atomic E-state index is 0.0370. The first kappa shape index (κ1) is 25.5. The standard InChI is InChI=1S/C26H30ClF3N4O/c1-2-32(11-6-12-33-13-15-34(16-14-33)21-8-5-7-20(27)17-21)19-22-18-25(31-35-22)23-9-3-4-10-24(23)26(28,29)30/h3-5,7-10,17-18H,2,6,11-16,19H2,1H3. The van der Waals surface area contributed by atoms with E-state index >= 15 is 0 Å². The molecule has 0 atom stereocenters. The second-order valence-electron chi connectivity index (χ2n) is 8.75. The molecule has 0 N–H and O–H groups in total. The average Bonchev–Trinajstić information content (AvgIpc) is 3.32. The Labute approximate surface area is 209 Å². The topological polar surface area (TPSA) is 35.8 Å². The molecule has 9 heteroatoms. The molecule has 5 nitrogen and oxygen atoms in total. The fourth-order valence-electron chi connectivity index (χ4n) is 4.46. The Balaban J connectivity index is 1.25. The summed E-state index contributed by atoms with van der Waals surface area (Å²) >= 11 is 6.12. The van der Waals surface area contributed by atoms with Crippen molar-refractivity contribution in [3.63, 3.8) is 0 Å². The van der Waals surface area contributed by atoms with Crippen LogP contribution in [0, 0.1) is 0 Å². The predicted molar refractivity (Wildman–Crippen MR) is 133 cm³/mol. The van der Waals surface area contributed by atoms with Crippen molar-refractivity contribution in [1.82, 2.24) is 15.0 Å². The number of hydrogen-bond acceptors (Lipinski definition) is 5. The fraction of sp³-hybridized carbons (Fsp3) is 0.423. The maximum absolute atomic E-state index is 13.3. The maximum Gasteiger partial charge on any atom is 0.417 e. The molecule has 0 bridgehead atoms. The lowest BCUT2D eigenvalue weighted by molar-refractivity contribution is -0.137. The van der Waals surface area contributed by atoms with Crippen molar-refractivity contribution in [3.8, 4) is 11.3 Å². The van der Waals surface area contributed by atoms with Crippen LogP contribution in [0.15, 0.2) is 59.1 Å². The van der Waals surface area contributed by atoms with E-state index in [4.69, 9.17) is 16.1 Å². The van der Waals surface area contributed by atoms with E-state index in [-0.39, 0.29) is 11.3 Å². The third-order valence-electron chi connectivity index (χ3n) is 6.39. The molecule has 0 unspecified atom stereocenters. The highest BCUT2D eigenvalue weighted by atomic mass is 35.5. The van der Waals surface area contributed by atoms with Crippen LogP contribution in [-0.4, -0.2) is 60.8 Å². The van der Waals surface area contributed by atoms with Crippen LogP contribution in [0.1, 0.15) is 24.7 Å². The van der Waals surface area contributed by atoms with Gasteiger partial charge in [0.25, 0.3) is 0 Å². The smallest absolute Gasteiger partial charge is 0.369 e. The highest BCUT2D eigenvalue weighted by molar-refractivity contribution is 6.30. The van der Waals surface area contributed by atoms with E-state index in [2.05, 4.69) is 32.8 Å². The van der Waals surface area contributed by atoms with Gasteiger partial charge in [0.1, 0.15) is 5.69 Å². The van der Waals surface area contributed by atoms with Gasteiger partial charge in [-0.3, -0.25) is 9.80 Å². The molecule has 0 amide bonds. The molecule has 35 heavy (non-hydrogen) atoms. The first-order chi connectivity index (χ1) is 16.8. The highest BCUT2D eigenvalue weighted by Gasteiger charge is 2.34. The molecule has 0 radical (unpaired) electrons. The Bertz CT molecular complexity index is 1100. The van der Waals surface area contributed by atoms with E-state index in [1.54, 1.807) is 12.1 Å². The van der Waals surface area contributed by atoms with Crippen LogP contribution in [0.25, 0.3) is 11.3 Å². The minimum Gasteiger partial charge on any atom is -0.369 e. The molecule has 1 aliphatic rings. The van der Waals surface area contributed by atoms with Crippen molar-refractivity contribution in [2.45, 2.75) is 26.1 Å². The van der Waals surface area contributed by atoms with E-state index in [1.165, 1.54) is 17.8 Å². The second kappa shape index (κ2) is 11.5. The van der Waals surface area contributed by atoms with Crippen LogP contribution >= 0.6 is 11.6 Å². The largest absolute Gasteiger partial charge is 0.417 e. The van der Waals surface area contributed by atoms with Gasteiger partial charge in [-0.15, -0.1) is 0 Å². The molecule has 0 spiro atoms. The van der Waals surface area contributed by atoms with Crippen LogP contribution in [0.4, 0.5) is 18.9 Å². The SMILES string of the molecule is CCN(CCCN1CCN(c2cccc(Cl)c2)CC1)Cc1cc(-c2ccccc2C(F)(F)F)no1. The molecular weight excluding hydrogens is 477 g/mol. The van der Waals surface area contributed by atoms with E-state index in [0.717, 1.165) is 63.3 Å². The molecule has 0 saturated carbocycles. The average molecular weight is 507 g/mol. The van der Waals surface area contributed by atoms with Crippen LogP contribution in [0.2, 0.25) is 5.02 Å². The van der Waals surface area contributed by atoms with Gasteiger partial charge in [0.05, 0.1) is 12.1 Å². The third-order valence-corrected chi connectivity index (χ3v) is 6.62. The maximum atomic E-state index is 13.3. The molecule has 1 aromatic heterocycles. The van der Waals surface area contributed by atoms with Gasteiger partial charge in [-0.1, -0.05) is 47.9 Å². The molecule has 4 rings (SSSR count). The van der Waals surface area contributed by atoms with Gasteiger partial charge in [-0.05, 0) is 50.3 Å². The van der Waals surface area contributed by atoms with Gasteiger partial charge in [-0.2, -0.15) is 13.2 Å². The number of anilines is 1. The second-order valence-corrected chi connectivity index (χ2v) is 9.19. The van der Waals surface area contributed by atoms with Crippen LogP contribution in [0.3, 0.4) is 0 Å². The summed E-state index contributed by atoms with van der Waals surface area (Å²) in [4.78, 5) is 7.05. The van der Waals surface area contributed by atoms with Crippen LogP contribution in [-0.2, 0) is 12.7 Å². The van der Waals surface area contributed by atoms with Crippen molar-refractivity contribution in [2.24, 2.45) is 0 Å². The lowest BCUT2D eigenvalue weighted by Crippen LogP contribution is -2.47. The number of alkyl halides is 3. The van der Waals surface area contributed by atoms with Crippen molar-refractivity contribution >= 4 is 17.3 Å². The zero-order chi connectivity index (χ0) is 24.8. The molecule has 1 aliphatic heterocycles. The number of benzene rings is 2. The summed E-state index contributed by atoms with van der Waals surface area (Å²) in [7, 11) is 0. The van der Waals surface area contributed by atoms with Gasteiger partial charge in [0, 0.05) is 48.5 Å². The molecule has 1 fully saturated rings. The van der Waals surface area contributed by atoms with Gasteiger partial charge < -0.3 is 9.42 Å². The number of piperazine rings is 1. The molecule has 2 aromatic carbocycles. The number of halogens is 4. The highest BCUT2D eigenvalue weighted by Crippen LogP contribution is 2.36. The Hall–Kier alpha value is -2.55. The zero-order valence-electron chi connectivity index (χ0n) is 19.8. The monoisotopic (exact) mass is 506 g/mol. The van der Waals surface area contributed by atoms with Gasteiger partial charge in [0.2, 0.25) is 0 Å². The van der Waals surface area contributed by atoms with Crippen molar-refractivity contribution in [2.75, 3.05) is 50.7 Å². The van der Waals surface area contributed by atoms with Crippen LogP contribution in [0.5, 0.6) is 0 Å². The first-order valence-corrected chi connectivity index (χ1v) is 12.3. The van der Waals surface area contributed by atoms with Crippen molar-refractivity contribution < 1.29 is 17.7 Å². The number of nitrogens with zero attached hydrogens (tertiary/aromatic N) is 4. The Morgan fingerprint density at radius 1 is 1.03 bits per heavy atom.